The van der Waals surface area contributed by atoms with Crippen molar-refractivity contribution < 1.29 is 29.1 Å². The van der Waals surface area contributed by atoms with Crippen molar-refractivity contribution in [3.63, 3.8) is 0 Å². The van der Waals surface area contributed by atoms with Gasteiger partial charge in [-0.05, 0) is 30.3 Å². The van der Waals surface area contributed by atoms with Gasteiger partial charge in [0.25, 0.3) is 11.8 Å². The van der Waals surface area contributed by atoms with E-state index in [9.17, 15) is 24.8 Å². The molecule has 0 atom stereocenters. The van der Waals surface area contributed by atoms with Gasteiger partial charge in [-0.15, -0.1) is 0 Å². The van der Waals surface area contributed by atoms with Gasteiger partial charge in [0.15, 0.2) is 17.2 Å². The molecule has 29 heavy (non-hydrogen) atoms. The van der Waals surface area contributed by atoms with Gasteiger partial charge in [-0.25, -0.2) is 5.43 Å². The summed E-state index contributed by atoms with van der Waals surface area (Å²) in [5.41, 5.74) is 2.27. The van der Waals surface area contributed by atoms with Gasteiger partial charge < -0.3 is 19.9 Å². The summed E-state index contributed by atoms with van der Waals surface area (Å²) in [5.74, 6) is -0.751. The van der Waals surface area contributed by atoms with Crippen LogP contribution in [0.25, 0.3) is 0 Å². The molecule has 0 fully saturated rings. The van der Waals surface area contributed by atoms with Crippen LogP contribution < -0.4 is 20.2 Å². The number of benzene rings is 2. The largest absolute Gasteiger partial charge is 0.502 e. The third-order valence-electron chi connectivity index (χ3n) is 3.65. The molecule has 11 nitrogen and oxygen atoms in total. The third kappa shape index (κ3) is 5.66. The van der Waals surface area contributed by atoms with E-state index in [0.29, 0.717) is 17.1 Å². The first-order valence-electron chi connectivity index (χ1n) is 8.15. The highest BCUT2D eigenvalue weighted by atomic mass is 16.6. The van der Waals surface area contributed by atoms with Crippen molar-refractivity contribution in [3.8, 4) is 17.2 Å². The summed E-state index contributed by atoms with van der Waals surface area (Å²) < 4.78 is 10.2. The van der Waals surface area contributed by atoms with E-state index in [1.807, 2.05) is 0 Å². The number of phenolic OH excluding ortho intramolecular Hbond substituents is 1. The van der Waals surface area contributed by atoms with E-state index in [0.717, 1.165) is 12.1 Å². The molecule has 0 spiro atoms. The fraction of sp³-hybridized carbons (Fsp3) is 0.167. The molecule has 11 heteroatoms. The highest BCUT2D eigenvalue weighted by molar-refractivity contribution is 5.97. The van der Waals surface area contributed by atoms with E-state index in [1.165, 1.54) is 38.6 Å². The number of nitrogens with one attached hydrogen (secondary N) is 2. The van der Waals surface area contributed by atoms with Crippen LogP contribution in [0.4, 0.5) is 5.69 Å². The molecule has 152 valence electrons. The van der Waals surface area contributed by atoms with Gasteiger partial charge in [0.1, 0.15) is 0 Å². The Bertz CT molecular complexity index is 959. The number of rotatable bonds is 8. The van der Waals surface area contributed by atoms with E-state index in [2.05, 4.69) is 15.8 Å². The number of ether oxygens (including phenoxy) is 2. The van der Waals surface area contributed by atoms with Crippen LogP contribution in [-0.2, 0) is 4.79 Å². The number of nitro groups is 1. The molecule has 0 saturated carbocycles. The van der Waals surface area contributed by atoms with Crippen LogP contribution >= 0.6 is 0 Å². The lowest BCUT2D eigenvalue weighted by Gasteiger charge is -2.09. The van der Waals surface area contributed by atoms with Crippen molar-refractivity contribution in [2.45, 2.75) is 0 Å². The van der Waals surface area contributed by atoms with Gasteiger partial charge >= 0.3 is 5.69 Å². The van der Waals surface area contributed by atoms with E-state index in [-0.39, 0.29) is 12.1 Å². The zero-order chi connectivity index (χ0) is 21.4. The number of nitro benzene ring substituents is 1. The molecule has 0 aliphatic carbocycles. The average Bonchev–Trinajstić information content (AvgIpc) is 2.72. The summed E-state index contributed by atoms with van der Waals surface area (Å²) in [4.78, 5) is 34.0. The summed E-state index contributed by atoms with van der Waals surface area (Å²) >= 11 is 0. The minimum Gasteiger partial charge on any atom is -0.502 e. The molecule has 0 aromatic heterocycles. The average molecular weight is 402 g/mol. The second kappa shape index (κ2) is 9.69. The second-order valence-corrected chi connectivity index (χ2v) is 5.55. The molecular formula is C18H18N4O7. The van der Waals surface area contributed by atoms with Crippen LogP contribution in [0.3, 0.4) is 0 Å². The van der Waals surface area contributed by atoms with Crippen molar-refractivity contribution in [2.24, 2.45) is 5.10 Å². The maximum absolute atomic E-state index is 12.1. The van der Waals surface area contributed by atoms with Crippen LogP contribution in [-0.4, -0.2) is 48.8 Å². The third-order valence-corrected chi connectivity index (χ3v) is 3.65. The number of carbonyl (C=O) groups is 2. The number of hydrogen-bond donors (Lipinski definition) is 3. The van der Waals surface area contributed by atoms with Crippen molar-refractivity contribution in [2.75, 3.05) is 20.8 Å². The Morgan fingerprint density at radius 2 is 1.90 bits per heavy atom. The first-order chi connectivity index (χ1) is 13.8. The number of amides is 2. The topological polar surface area (TPSA) is 152 Å². The number of methoxy groups -OCH3 is 2. The maximum atomic E-state index is 12.1. The van der Waals surface area contributed by atoms with Crippen LogP contribution in [0.1, 0.15) is 15.9 Å². The van der Waals surface area contributed by atoms with Crippen molar-refractivity contribution in [1.82, 2.24) is 10.7 Å². The SMILES string of the molecule is COc1ccc(C(=O)NCC(=O)N/N=C/c2ccc(O)c([N+](=O)[O-])c2)cc1OC. The van der Waals surface area contributed by atoms with Crippen molar-refractivity contribution in [3.05, 3.63) is 57.6 Å². The molecule has 0 heterocycles. The zero-order valence-corrected chi connectivity index (χ0v) is 15.5. The predicted molar refractivity (Wildman–Crippen MR) is 102 cm³/mol. The second-order valence-electron chi connectivity index (χ2n) is 5.55. The summed E-state index contributed by atoms with van der Waals surface area (Å²) in [7, 11) is 2.91. The summed E-state index contributed by atoms with van der Waals surface area (Å²) in [6.45, 7) is -0.347. The van der Waals surface area contributed by atoms with Gasteiger partial charge in [0.05, 0.1) is 31.9 Å². The molecule has 0 saturated heterocycles. The van der Waals surface area contributed by atoms with Gasteiger partial charge in [-0.3, -0.25) is 19.7 Å². The highest BCUT2D eigenvalue weighted by Crippen LogP contribution is 2.27. The van der Waals surface area contributed by atoms with Gasteiger partial charge in [-0.1, -0.05) is 0 Å². The molecule has 2 rings (SSSR count). The van der Waals surface area contributed by atoms with Gasteiger partial charge in [0, 0.05) is 17.2 Å². The molecule has 0 aliphatic heterocycles. The van der Waals surface area contributed by atoms with Crippen LogP contribution in [0.2, 0.25) is 0 Å². The number of nitrogens with zero attached hydrogens (tertiary/aromatic N) is 2. The Hall–Kier alpha value is -4.15. The van der Waals surface area contributed by atoms with Gasteiger partial charge in [0.2, 0.25) is 0 Å². The number of phenols is 1. The Morgan fingerprint density at radius 1 is 1.17 bits per heavy atom. The molecule has 2 aromatic rings. The summed E-state index contributed by atoms with van der Waals surface area (Å²) in [6, 6.07) is 8.19. The monoisotopic (exact) mass is 402 g/mol. The van der Waals surface area contributed by atoms with E-state index < -0.39 is 28.2 Å². The molecule has 0 radical (unpaired) electrons. The molecule has 2 aromatic carbocycles. The predicted octanol–water partition coefficient (Wildman–Crippen LogP) is 1.20. The van der Waals surface area contributed by atoms with E-state index >= 15 is 0 Å². The first kappa shape index (κ1) is 21.2. The molecule has 2 amide bonds. The number of hydrazone groups is 1. The zero-order valence-electron chi connectivity index (χ0n) is 15.5. The van der Waals surface area contributed by atoms with Crippen LogP contribution in [0, 0.1) is 10.1 Å². The lowest BCUT2D eigenvalue weighted by molar-refractivity contribution is -0.385. The Morgan fingerprint density at radius 3 is 2.55 bits per heavy atom. The lowest BCUT2D eigenvalue weighted by Crippen LogP contribution is -2.34. The summed E-state index contributed by atoms with van der Waals surface area (Å²) in [5, 5.41) is 26.2. The smallest absolute Gasteiger partial charge is 0.311 e. The lowest BCUT2D eigenvalue weighted by atomic mass is 10.2. The van der Waals surface area contributed by atoms with E-state index in [4.69, 9.17) is 9.47 Å². The Labute approximate surface area is 165 Å². The molecule has 0 bridgehead atoms. The molecular weight excluding hydrogens is 384 g/mol. The highest BCUT2D eigenvalue weighted by Gasteiger charge is 2.13. The van der Waals surface area contributed by atoms with E-state index in [1.54, 1.807) is 6.07 Å². The fourth-order valence-electron chi connectivity index (χ4n) is 2.23. The van der Waals surface area contributed by atoms with Gasteiger partial charge in [-0.2, -0.15) is 5.10 Å². The molecule has 0 unspecified atom stereocenters. The maximum Gasteiger partial charge on any atom is 0.311 e. The minimum absolute atomic E-state index is 0.273. The van der Waals surface area contributed by atoms with Crippen molar-refractivity contribution in [1.29, 1.82) is 0 Å². The standard InChI is InChI=1S/C18H18N4O7/c1-28-15-6-4-12(8-16(15)29-2)18(25)19-10-17(24)21-20-9-11-3-5-14(23)13(7-11)22(26)27/h3-9,23H,10H2,1-2H3,(H,19,25)(H,21,24)/b20-9+. The first-order valence-corrected chi connectivity index (χ1v) is 8.15. The van der Waals surface area contributed by atoms with Crippen molar-refractivity contribution >= 4 is 23.7 Å². The summed E-state index contributed by atoms with van der Waals surface area (Å²) in [6.07, 6.45) is 1.17. The molecule has 3 N–H and O–H groups in total. The van der Waals surface area contributed by atoms with Crippen LogP contribution in [0.15, 0.2) is 41.5 Å². The Balaban J connectivity index is 1.90. The fourth-order valence-corrected chi connectivity index (χ4v) is 2.23. The Kier molecular flexibility index (Phi) is 7.07. The number of hydrogen-bond acceptors (Lipinski definition) is 8. The minimum atomic E-state index is -0.741. The molecule has 0 aliphatic rings. The number of carbonyl (C=O) groups excluding carboxylic acids is 2. The normalized spacial score (nSPS) is 10.4. The van der Waals surface area contributed by atoms with Crippen LogP contribution in [0.5, 0.6) is 17.2 Å². The number of aromatic hydroxyl groups is 1. The quantitative estimate of drug-likeness (QED) is 0.341.